The highest BCUT2D eigenvalue weighted by molar-refractivity contribution is 5.82. The molecule has 1 amide bonds. The number of carbonyl (C=O) groups excluding carboxylic acids is 1. The standard InChI is InChI=1S/C16H32N2O/c1-3-5-6-7-8-9-13-18-15(19)16(4-2)11-10-12-17-14-16/h17H,3-14H2,1-2H3,(H,18,19). The molecule has 1 aliphatic rings. The Kier molecular flexibility index (Phi) is 8.11. The average Bonchev–Trinajstić information content (AvgIpc) is 2.46. The number of amides is 1. The molecule has 0 radical (unpaired) electrons. The van der Waals surface area contributed by atoms with E-state index in [1.165, 1.54) is 32.1 Å². The van der Waals surface area contributed by atoms with Crippen molar-refractivity contribution in [2.24, 2.45) is 5.41 Å². The number of carbonyl (C=O) groups is 1. The molecule has 112 valence electrons. The van der Waals surface area contributed by atoms with Crippen molar-refractivity contribution in [3.63, 3.8) is 0 Å². The molecule has 3 heteroatoms. The van der Waals surface area contributed by atoms with Gasteiger partial charge in [-0.05, 0) is 32.2 Å². The molecule has 0 bridgehead atoms. The maximum atomic E-state index is 12.3. The quantitative estimate of drug-likeness (QED) is 0.630. The van der Waals surface area contributed by atoms with Gasteiger partial charge in [0.25, 0.3) is 0 Å². The van der Waals surface area contributed by atoms with Gasteiger partial charge < -0.3 is 10.6 Å². The smallest absolute Gasteiger partial charge is 0.227 e. The van der Waals surface area contributed by atoms with Crippen molar-refractivity contribution in [3.05, 3.63) is 0 Å². The largest absolute Gasteiger partial charge is 0.356 e. The summed E-state index contributed by atoms with van der Waals surface area (Å²) in [6.07, 6.45) is 10.8. The maximum Gasteiger partial charge on any atom is 0.227 e. The summed E-state index contributed by atoms with van der Waals surface area (Å²) in [6.45, 7) is 7.14. The first kappa shape index (κ1) is 16.5. The third-order valence-electron chi connectivity index (χ3n) is 4.45. The Balaban J connectivity index is 2.15. The molecule has 0 aliphatic carbocycles. The Morgan fingerprint density at radius 3 is 2.53 bits per heavy atom. The lowest BCUT2D eigenvalue weighted by atomic mass is 9.77. The molecular formula is C16H32N2O. The molecule has 19 heavy (non-hydrogen) atoms. The molecule has 0 aromatic carbocycles. The van der Waals surface area contributed by atoms with Crippen molar-refractivity contribution in [2.45, 2.75) is 71.6 Å². The number of hydrogen-bond donors (Lipinski definition) is 2. The van der Waals surface area contributed by atoms with Gasteiger partial charge in [0.05, 0.1) is 5.41 Å². The summed E-state index contributed by atoms with van der Waals surface area (Å²) in [6, 6.07) is 0. The van der Waals surface area contributed by atoms with Gasteiger partial charge in [0.15, 0.2) is 0 Å². The third kappa shape index (κ3) is 5.52. The lowest BCUT2D eigenvalue weighted by Crippen LogP contribution is -2.50. The van der Waals surface area contributed by atoms with Crippen LogP contribution in [0.1, 0.15) is 71.6 Å². The average molecular weight is 268 g/mol. The second-order valence-corrected chi connectivity index (χ2v) is 5.94. The van der Waals surface area contributed by atoms with E-state index in [9.17, 15) is 4.79 Å². The zero-order valence-corrected chi connectivity index (χ0v) is 12.9. The Morgan fingerprint density at radius 1 is 1.16 bits per heavy atom. The van der Waals surface area contributed by atoms with E-state index in [0.717, 1.165) is 45.3 Å². The molecule has 1 atom stereocenters. The van der Waals surface area contributed by atoms with Gasteiger partial charge in [-0.15, -0.1) is 0 Å². The molecule has 2 N–H and O–H groups in total. The Bertz CT molecular complexity index is 247. The highest BCUT2D eigenvalue weighted by Crippen LogP contribution is 2.30. The van der Waals surface area contributed by atoms with Crippen LogP contribution in [0.2, 0.25) is 0 Å². The molecule has 1 fully saturated rings. The summed E-state index contributed by atoms with van der Waals surface area (Å²) in [4.78, 5) is 12.3. The minimum absolute atomic E-state index is 0.138. The normalized spacial score (nSPS) is 23.3. The van der Waals surface area contributed by atoms with Crippen LogP contribution < -0.4 is 10.6 Å². The van der Waals surface area contributed by atoms with Crippen molar-refractivity contribution < 1.29 is 4.79 Å². The minimum Gasteiger partial charge on any atom is -0.356 e. The van der Waals surface area contributed by atoms with Crippen LogP contribution >= 0.6 is 0 Å². The number of nitrogens with one attached hydrogen (secondary N) is 2. The Morgan fingerprint density at radius 2 is 1.89 bits per heavy atom. The minimum atomic E-state index is -0.138. The Labute approximate surface area is 118 Å². The van der Waals surface area contributed by atoms with Crippen LogP contribution in [-0.4, -0.2) is 25.5 Å². The zero-order valence-electron chi connectivity index (χ0n) is 12.9. The molecule has 1 saturated heterocycles. The fraction of sp³-hybridized carbons (Fsp3) is 0.938. The van der Waals surface area contributed by atoms with E-state index in [-0.39, 0.29) is 11.3 Å². The fourth-order valence-electron chi connectivity index (χ4n) is 2.92. The second-order valence-electron chi connectivity index (χ2n) is 5.94. The number of unbranched alkanes of at least 4 members (excludes halogenated alkanes) is 5. The first-order chi connectivity index (χ1) is 9.25. The molecule has 1 unspecified atom stereocenters. The van der Waals surface area contributed by atoms with Crippen LogP contribution in [-0.2, 0) is 4.79 Å². The van der Waals surface area contributed by atoms with Crippen molar-refractivity contribution in [1.29, 1.82) is 0 Å². The molecular weight excluding hydrogens is 236 g/mol. The molecule has 0 spiro atoms. The van der Waals surface area contributed by atoms with E-state index in [0.29, 0.717) is 0 Å². The number of rotatable bonds is 9. The van der Waals surface area contributed by atoms with E-state index < -0.39 is 0 Å². The van der Waals surface area contributed by atoms with Gasteiger partial charge in [-0.1, -0.05) is 46.0 Å². The van der Waals surface area contributed by atoms with Crippen LogP contribution in [0.15, 0.2) is 0 Å². The lowest BCUT2D eigenvalue weighted by Gasteiger charge is -2.35. The summed E-state index contributed by atoms with van der Waals surface area (Å²) in [7, 11) is 0. The molecule has 1 heterocycles. The van der Waals surface area contributed by atoms with E-state index >= 15 is 0 Å². The van der Waals surface area contributed by atoms with Gasteiger partial charge in [-0.25, -0.2) is 0 Å². The second kappa shape index (κ2) is 9.35. The maximum absolute atomic E-state index is 12.3. The van der Waals surface area contributed by atoms with Crippen LogP contribution in [0.5, 0.6) is 0 Å². The van der Waals surface area contributed by atoms with Gasteiger partial charge in [0, 0.05) is 13.1 Å². The molecule has 1 aliphatic heterocycles. The van der Waals surface area contributed by atoms with Crippen molar-refractivity contribution in [1.82, 2.24) is 10.6 Å². The summed E-state index contributed by atoms with van der Waals surface area (Å²) in [5, 5.41) is 6.53. The topological polar surface area (TPSA) is 41.1 Å². The first-order valence-corrected chi connectivity index (χ1v) is 8.24. The summed E-state index contributed by atoms with van der Waals surface area (Å²) in [5.41, 5.74) is -0.138. The van der Waals surface area contributed by atoms with Gasteiger partial charge in [0.1, 0.15) is 0 Å². The number of piperidine rings is 1. The van der Waals surface area contributed by atoms with Crippen LogP contribution in [0.25, 0.3) is 0 Å². The van der Waals surface area contributed by atoms with Crippen LogP contribution in [0.3, 0.4) is 0 Å². The summed E-state index contributed by atoms with van der Waals surface area (Å²) >= 11 is 0. The van der Waals surface area contributed by atoms with E-state index in [2.05, 4.69) is 24.5 Å². The highest BCUT2D eigenvalue weighted by atomic mass is 16.2. The summed E-state index contributed by atoms with van der Waals surface area (Å²) in [5.74, 6) is 0.274. The van der Waals surface area contributed by atoms with Crippen molar-refractivity contribution in [3.8, 4) is 0 Å². The monoisotopic (exact) mass is 268 g/mol. The zero-order chi connectivity index (χ0) is 14.0. The molecule has 0 aromatic heterocycles. The molecule has 3 nitrogen and oxygen atoms in total. The summed E-state index contributed by atoms with van der Waals surface area (Å²) < 4.78 is 0. The first-order valence-electron chi connectivity index (χ1n) is 8.24. The molecule has 0 saturated carbocycles. The van der Waals surface area contributed by atoms with Crippen LogP contribution in [0, 0.1) is 5.41 Å². The number of hydrogen-bond acceptors (Lipinski definition) is 2. The van der Waals surface area contributed by atoms with E-state index in [1.54, 1.807) is 0 Å². The van der Waals surface area contributed by atoms with Crippen molar-refractivity contribution >= 4 is 5.91 Å². The van der Waals surface area contributed by atoms with Gasteiger partial charge in [-0.3, -0.25) is 4.79 Å². The van der Waals surface area contributed by atoms with Crippen molar-refractivity contribution in [2.75, 3.05) is 19.6 Å². The van der Waals surface area contributed by atoms with E-state index in [4.69, 9.17) is 0 Å². The molecule has 0 aromatic rings. The predicted molar refractivity (Wildman–Crippen MR) is 81.2 cm³/mol. The fourth-order valence-corrected chi connectivity index (χ4v) is 2.92. The predicted octanol–water partition coefficient (Wildman–Crippen LogP) is 3.24. The third-order valence-corrected chi connectivity index (χ3v) is 4.45. The highest BCUT2D eigenvalue weighted by Gasteiger charge is 2.37. The lowest BCUT2D eigenvalue weighted by molar-refractivity contribution is -0.132. The van der Waals surface area contributed by atoms with Gasteiger partial charge in [0.2, 0.25) is 5.91 Å². The Hall–Kier alpha value is -0.570. The van der Waals surface area contributed by atoms with E-state index in [1.807, 2.05) is 0 Å². The van der Waals surface area contributed by atoms with Crippen LogP contribution in [0.4, 0.5) is 0 Å². The molecule has 1 rings (SSSR count). The SMILES string of the molecule is CCCCCCCCNC(=O)C1(CC)CCCNC1. The van der Waals surface area contributed by atoms with Gasteiger partial charge in [-0.2, -0.15) is 0 Å². The van der Waals surface area contributed by atoms with Gasteiger partial charge >= 0.3 is 0 Å².